The lowest BCUT2D eigenvalue weighted by Crippen LogP contribution is -2.38. The van der Waals surface area contributed by atoms with Crippen LogP contribution in [0, 0.1) is 5.82 Å². The molecule has 0 saturated carbocycles. The number of ether oxygens (including phenoxy) is 1. The second kappa shape index (κ2) is 7.19. The number of pyridine rings is 1. The van der Waals surface area contributed by atoms with Crippen molar-refractivity contribution in [3.05, 3.63) is 41.5 Å². The first-order chi connectivity index (χ1) is 15.2. The molecule has 0 unspecified atom stereocenters. The monoisotopic (exact) mass is 453 g/mol. The highest BCUT2D eigenvalue weighted by Gasteiger charge is 2.39. The van der Waals surface area contributed by atoms with Crippen molar-refractivity contribution < 1.29 is 31.9 Å². The predicted molar refractivity (Wildman–Crippen MR) is 100 cm³/mol. The number of fused-ring (bicyclic) bond motifs is 5. The van der Waals surface area contributed by atoms with Crippen LogP contribution >= 0.6 is 0 Å². The third kappa shape index (κ3) is 3.41. The molecular formula is C18H15F4N7O3. The summed E-state index contributed by atoms with van der Waals surface area (Å²) < 4.78 is 63.1. The Bertz CT molecular complexity index is 1220. The Hall–Kier alpha value is -3.68. The van der Waals surface area contributed by atoms with Crippen molar-refractivity contribution in [2.45, 2.75) is 24.7 Å². The lowest BCUT2D eigenvalue weighted by Gasteiger charge is -2.27. The Morgan fingerprint density at radius 1 is 1.34 bits per heavy atom. The van der Waals surface area contributed by atoms with E-state index in [1.165, 1.54) is 21.7 Å². The number of hydrogen-bond acceptors (Lipinski definition) is 8. The standard InChI is InChI=1S/C18H15F4N7O3/c19-8-3-10-11-4-9(20)6-28(11)12-1-2-29-15(25-12)13(14(23)26-29)16(30)27-32-18(21,22)7-31-17(10)24-5-8/h1-3,5,9,11H,4,6-7H2,(H2,23,26)(H,27,30)/t9-,11+/m0/s1. The maximum Gasteiger partial charge on any atom is 0.409 e. The number of carbonyl (C=O) groups excluding carboxylic acids is 1. The second-order valence-electron chi connectivity index (χ2n) is 7.32. The molecule has 1 saturated heterocycles. The van der Waals surface area contributed by atoms with E-state index in [1.807, 2.05) is 0 Å². The molecule has 168 valence electrons. The average molecular weight is 453 g/mol. The van der Waals surface area contributed by atoms with E-state index < -0.39 is 36.7 Å². The Morgan fingerprint density at radius 2 is 2.16 bits per heavy atom. The van der Waals surface area contributed by atoms with Crippen LogP contribution < -0.4 is 20.9 Å². The highest BCUT2D eigenvalue weighted by molar-refractivity contribution is 6.03. The van der Waals surface area contributed by atoms with Crippen LogP contribution in [0.3, 0.4) is 0 Å². The van der Waals surface area contributed by atoms with E-state index in [-0.39, 0.29) is 47.3 Å². The van der Waals surface area contributed by atoms with Crippen molar-refractivity contribution in [2.75, 3.05) is 23.8 Å². The summed E-state index contributed by atoms with van der Waals surface area (Å²) in [6.45, 7) is -1.47. The summed E-state index contributed by atoms with van der Waals surface area (Å²) in [5.41, 5.74) is 7.09. The quantitative estimate of drug-likeness (QED) is 0.495. The van der Waals surface area contributed by atoms with Crippen molar-refractivity contribution in [1.82, 2.24) is 25.1 Å². The fourth-order valence-corrected chi connectivity index (χ4v) is 3.80. The van der Waals surface area contributed by atoms with E-state index in [2.05, 4.69) is 19.9 Å². The number of halogens is 4. The smallest absolute Gasteiger partial charge is 0.409 e. The average Bonchev–Trinajstić information content (AvgIpc) is 3.29. The number of hydroxylamine groups is 1. The second-order valence-corrected chi connectivity index (χ2v) is 7.32. The van der Waals surface area contributed by atoms with E-state index in [0.29, 0.717) is 0 Å². The van der Waals surface area contributed by atoms with Gasteiger partial charge in [-0.05, 0) is 12.1 Å². The van der Waals surface area contributed by atoms with E-state index in [0.717, 1.165) is 12.3 Å². The molecule has 3 N–H and O–H groups in total. The number of rotatable bonds is 0. The molecule has 2 aliphatic rings. The molecule has 3 aromatic heterocycles. The van der Waals surface area contributed by atoms with E-state index in [4.69, 9.17) is 10.5 Å². The normalized spacial score (nSPS) is 22.8. The molecular weight excluding hydrogens is 438 g/mol. The zero-order valence-corrected chi connectivity index (χ0v) is 16.1. The molecule has 2 bridgehead atoms. The highest BCUT2D eigenvalue weighted by Crippen LogP contribution is 2.40. The number of nitrogens with zero attached hydrogens (tertiary/aromatic N) is 5. The number of nitrogens with one attached hydrogen (secondary N) is 1. The number of nitrogen functional groups attached to an aromatic ring is 1. The molecule has 3 aromatic rings. The summed E-state index contributed by atoms with van der Waals surface area (Å²) in [6.07, 6.45) is -3.18. The van der Waals surface area contributed by atoms with E-state index in [9.17, 15) is 22.4 Å². The lowest BCUT2D eigenvalue weighted by atomic mass is 10.1. The number of alkyl halides is 3. The van der Waals surface area contributed by atoms with Crippen LogP contribution in [0.4, 0.5) is 29.2 Å². The SMILES string of the molecule is Nc1nn2ccc3nc2c1C(=O)NOC(F)(F)COc1ncc(F)cc1[C@H]1C[C@H](F)CN31. The van der Waals surface area contributed by atoms with Gasteiger partial charge < -0.3 is 15.4 Å². The number of carbonyl (C=O) groups is 1. The van der Waals surface area contributed by atoms with Gasteiger partial charge in [-0.15, -0.1) is 5.10 Å². The van der Waals surface area contributed by atoms with Crippen molar-refractivity contribution in [3.63, 3.8) is 0 Å². The molecule has 32 heavy (non-hydrogen) atoms. The van der Waals surface area contributed by atoms with Crippen LogP contribution in [0.2, 0.25) is 0 Å². The molecule has 0 spiro atoms. The Balaban J connectivity index is 1.70. The minimum absolute atomic E-state index is 0.0589. The van der Waals surface area contributed by atoms with Crippen molar-refractivity contribution in [3.8, 4) is 5.88 Å². The minimum Gasteiger partial charge on any atom is -0.468 e. The predicted octanol–water partition coefficient (Wildman–Crippen LogP) is 1.78. The van der Waals surface area contributed by atoms with Crippen molar-refractivity contribution in [1.29, 1.82) is 0 Å². The van der Waals surface area contributed by atoms with Gasteiger partial charge in [-0.25, -0.2) is 28.7 Å². The van der Waals surface area contributed by atoms with E-state index in [1.54, 1.807) is 5.48 Å². The topological polar surface area (TPSA) is 120 Å². The van der Waals surface area contributed by atoms with E-state index >= 15 is 0 Å². The van der Waals surface area contributed by atoms with Crippen LogP contribution in [-0.2, 0) is 4.84 Å². The first-order valence-corrected chi connectivity index (χ1v) is 9.42. The molecule has 2 atom stereocenters. The minimum atomic E-state index is -3.98. The van der Waals surface area contributed by atoms with Gasteiger partial charge in [-0.2, -0.15) is 13.6 Å². The van der Waals surface area contributed by atoms with Gasteiger partial charge in [0.15, 0.2) is 18.1 Å². The highest BCUT2D eigenvalue weighted by atomic mass is 19.3. The van der Waals surface area contributed by atoms with Crippen LogP contribution in [0.15, 0.2) is 24.5 Å². The van der Waals surface area contributed by atoms with Gasteiger partial charge in [0, 0.05) is 18.2 Å². The first-order valence-electron chi connectivity index (χ1n) is 9.42. The summed E-state index contributed by atoms with van der Waals surface area (Å²) in [4.78, 5) is 26.3. The summed E-state index contributed by atoms with van der Waals surface area (Å²) >= 11 is 0. The third-order valence-electron chi connectivity index (χ3n) is 5.14. The summed E-state index contributed by atoms with van der Waals surface area (Å²) in [7, 11) is 0. The molecule has 1 fully saturated rings. The molecule has 2 aliphatic heterocycles. The Kier molecular flexibility index (Phi) is 4.54. The van der Waals surface area contributed by atoms with Crippen LogP contribution in [0.5, 0.6) is 5.88 Å². The lowest BCUT2D eigenvalue weighted by molar-refractivity contribution is -0.275. The summed E-state index contributed by atoms with van der Waals surface area (Å²) in [5, 5.41) is 3.93. The zero-order chi connectivity index (χ0) is 22.6. The maximum atomic E-state index is 14.5. The number of amides is 1. The molecule has 0 radical (unpaired) electrons. The number of nitrogens with two attached hydrogens (primary N) is 1. The molecule has 1 amide bonds. The van der Waals surface area contributed by atoms with Gasteiger partial charge >= 0.3 is 6.11 Å². The molecule has 0 aliphatic carbocycles. The maximum absolute atomic E-state index is 14.5. The largest absolute Gasteiger partial charge is 0.468 e. The Morgan fingerprint density at radius 3 is 2.97 bits per heavy atom. The Labute approximate surface area is 176 Å². The van der Waals surface area contributed by atoms with Gasteiger partial charge in [0.05, 0.1) is 18.8 Å². The number of hydrogen-bond donors (Lipinski definition) is 2. The zero-order valence-electron chi connectivity index (χ0n) is 16.1. The van der Waals surface area contributed by atoms with Gasteiger partial charge in [0.25, 0.3) is 5.91 Å². The molecule has 0 aromatic carbocycles. The first kappa shape index (κ1) is 20.2. The van der Waals surface area contributed by atoms with Crippen LogP contribution in [-0.4, -0.2) is 50.9 Å². The van der Waals surface area contributed by atoms with Gasteiger partial charge in [-0.1, -0.05) is 0 Å². The van der Waals surface area contributed by atoms with Gasteiger partial charge in [-0.3, -0.25) is 4.79 Å². The fraction of sp³-hybridized carbons (Fsp3) is 0.333. The fourth-order valence-electron chi connectivity index (χ4n) is 3.80. The molecule has 14 heteroatoms. The third-order valence-corrected chi connectivity index (χ3v) is 5.14. The molecule has 5 rings (SSSR count). The van der Waals surface area contributed by atoms with Crippen LogP contribution in [0.1, 0.15) is 28.4 Å². The van der Waals surface area contributed by atoms with Crippen LogP contribution in [0.25, 0.3) is 5.65 Å². The number of anilines is 2. The van der Waals surface area contributed by atoms with Gasteiger partial charge in [0.1, 0.15) is 23.4 Å². The summed E-state index contributed by atoms with van der Waals surface area (Å²) in [6, 6.07) is 1.73. The summed E-state index contributed by atoms with van der Waals surface area (Å²) in [5.74, 6) is -2.23. The molecule has 5 heterocycles. The van der Waals surface area contributed by atoms with Gasteiger partial charge in [0.2, 0.25) is 5.88 Å². The number of aromatic nitrogens is 4. The van der Waals surface area contributed by atoms with Crippen molar-refractivity contribution >= 4 is 23.2 Å². The van der Waals surface area contributed by atoms with Crippen molar-refractivity contribution in [2.24, 2.45) is 0 Å². The molecule has 10 nitrogen and oxygen atoms in total.